The summed E-state index contributed by atoms with van der Waals surface area (Å²) in [5, 5.41) is 8.84. The maximum atomic E-state index is 12.1. The van der Waals surface area contributed by atoms with Crippen molar-refractivity contribution in [3.63, 3.8) is 0 Å². The highest BCUT2D eigenvalue weighted by Crippen LogP contribution is 2.19. The third kappa shape index (κ3) is 3.89. The quantitative estimate of drug-likeness (QED) is 0.801. The van der Waals surface area contributed by atoms with Gasteiger partial charge in [-0.3, -0.25) is 4.68 Å². The maximum Gasteiger partial charge on any atom is 0.241 e. The van der Waals surface area contributed by atoms with Crippen molar-refractivity contribution in [2.24, 2.45) is 7.05 Å². The maximum absolute atomic E-state index is 12.1. The molecular formula is C12H18N4O2S2. The van der Waals surface area contributed by atoms with Crippen LogP contribution in [-0.2, 0) is 30.2 Å². The van der Waals surface area contributed by atoms with E-state index in [2.05, 4.69) is 15.1 Å². The van der Waals surface area contributed by atoms with Crippen LogP contribution in [0.15, 0.2) is 28.7 Å². The molecule has 0 fully saturated rings. The molecule has 0 aliphatic heterocycles. The molecule has 0 radical (unpaired) electrons. The second kappa shape index (κ2) is 6.49. The number of aryl methyl sites for hydroxylation is 1. The molecule has 2 N–H and O–H groups in total. The van der Waals surface area contributed by atoms with E-state index in [1.54, 1.807) is 35.6 Å². The number of rotatable bonds is 7. The Hall–Kier alpha value is -1.22. The first-order valence-electron chi connectivity index (χ1n) is 6.26. The lowest BCUT2D eigenvalue weighted by Crippen LogP contribution is -2.22. The summed E-state index contributed by atoms with van der Waals surface area (Å²) in [4.78, 5) is 1.33. The van der Waals surface area contributed by atoms with Crippen molar-refractivity contribution in [2.45, 2.75) is 24.9 Å². The van der Waals surface area contributed by atoms with Gasteiger partial charge in [-0.2, -0.15) is 5.10 Å². The average molecular weight is 314 g/mol. The summed E-state index contributed by atoms with van der Waals surface area (Å²) in [6, 6.07) is 1.71. The monoisotopic (exact) mass is 314 g/mol. The van der Waals surface area contributed by atoms with E-state index in [0.29, 0.717) is 11.4 Å². The summed E-state index contributed by atoms with van der Waals surface area (Å²) in [7, 11) is -1.66. The van der Waals surface area contributed by atoms with Crippen molar-refractivity contribution in [3.8, 4) is 0 Å². The van der Waals surface area contributed by atoms with Gasteiger partial charge in [0, 0.05) is 42.2 Å². The molecule has 0 unspecified atom stereocenters. The number of nitrogens with zero attached hydrogens (tertiary/aromatic N) is 2. The standard InChI is InChI=1S/C12H18N4O2S2/c1-3-13-7-11-4-12(9-19-11)20(17,18)15-6-10-5-14-16(2)8-10/h4-5,8-9,13,15H,3,6-7H2,1-2H3. The van der Waals surface area contributed by atoms with Gasteiger partial charge in [0.05, 0.1) is 11.1 Å². The molecule has 2 aromatic heterocycles. The first-order chi connectivity index (χ1) is 9.51. The Bertz CT molecular complexity index is 661. The van der Waals surface area contributed by atoms with Crippen LogP contribution in [0.4, 0.5) is 0 Å². The lowest BCUT2D eigenvalue weighted by Gasteiger charge is -2.03. The Morgan fingerprint density at radius 1 is 1.40 bits per heavy atom. The normalized spacial score (nSPS) is 11.9. The van der Waals surface area contributed by atoms with Crippen molar-refractivity contribution in [1.82, 2.24) is 19.8 Å². The second-order valence-electron chi connectivity index (χ2n) is 4.38. The molecular weight excluding hydrogens is 296 g/mol. The van der Waals surface area contributed by atoms with E-state index >= 15 is 0 Å². The van der Waals surface area contributed by atoms with Gasteiger partial charge in [-0.05, 0) is 12.6 Å². The number of thiophene rings is 1. The summed E-state index contributed by atoms with van der Waals surface area (Å²) in [5.74, 6) is 0. The molecule has 0 bridgehead atoms. The van der Waals surface area contributed by atoms with Gasteiger partial charge in [0.25, 0.3) is 0 Å². The number of aromatic nitrogens is 2. The fourth-order valence-electron chi connectivity index (χ4n) is 1.67. The number of hydrogen-bond acceptors (Lipinski definition) is 5. The van der Waals surface area contributed by atoms with Crippen molar-refractivity contribution >= 4 is 21.4 Å². The van der Waals surface area contributed by atoms with Gasteiger partial charge < -0.3 is 5.32 Å². The Morgan fingerprint density at radius 2 is 2.20 bits per heavy atom. The molecule has 0 spiro atoms. The molecule has 0 aliphatic carbocycles. The van der Waals surface area contributed by atoms with Crippen LogP contribution in [0, 0.1) is 0 Å². The summed E-state index contributed by atoms with van der Waals surface area (Å²) >= 11 is 1.44. The molecule has 0 aliphatic rings. The van der Waals surface area contributed by atoms with E-state index in [1.165, 1.54) is 11.3 Å². The van der Waals surface area contributed by atoms with E-state index in [9.17, 15) is 8.42 Å². The molecule has 6 nitrogen and oxygen atoms in total. The third-order valence-corrected chi connectivity index (χ3v) is 5.18. The molecule has 0 saturated carbocycles. The third-order valence-electron chi connectivity index (χ3n) is 2.71. The molecule has 2 rings (SSSR count). The second-order valence-corrected chi connectivity index (χ2v) is 7.14. The molecule has 20 heavy (non-hydrogen) atoms. The lowest BCUT2D eigenvalue weighted by atomic mass is 10.4. The van der Waals surface area contributed by atoms with Crippen molar-refractivity contribution in [3.05, 3.63) is 34.3 Å². The Kier molecular flexibility index (Phi) is 4.92. The smallest absolute Gasteiger partial charge is 0.241 e. The van der Waals surface area contributed by atoms with Crippen LogP contribution in [0.2, 0.25) is 0 Å². The van der Waals surface area contributed by atoms with Gasteiger partial charge in [-0.25, -0.2) is 13.1 Å². The van der Waals surface area contributed by atoms with Crippen LogP contribution < -0.4 is 10.0 Å². The van der Waals surface area contributed by atoms with Crippen LogP contribution in [0.1, 0.15) is 17.4 Å². The Labute approximate surface area is 122 Å². The van der Waals surface area contributed by atoms with Gasteiger partial charge in [0.2, 0.25) is 10.0 Å². The highest BCUT2D eigenvalue weighted by molar-refractivity contribution is 7.89. The van der Waals surface area contributed by atoms with E-state index in [4.69, 9.17) is 0 Å². The molecule has 0 aromatic carbocycles. The Morgan fingerprint density at radius 3 is 2.85 bits per heavy atom. The number of nitrogens with one attached hydrogen (secondary N) is 2. The predicted molar refractivity (Wildman–Crippen MR) is 78.9 cm³/mol. The zero-order chi connectivity index (χ0) is 14.6. The highest BCUT2D eigenvalue weighted by Gasteiger charge is 2.16. The van der Waals surface area contributed by atoms with Crippen LogP contribution in [0.3, 0.4) is 0 Å². The van der Waals surface area contributed by atoms with Crippen molar-refractivity contribution in [2.75, 3.05) is 6.54 Å². The Balaban J connectivity index is 2.00. The molecule has 0 saturated heterocycles. The zero-order valence-corrected chi connectivity index (χ0v) is 13.1. The first kappa shape index (κ1) is 15.2. The summed E-state index contributed by atoms with van der Waals surface area (Å²) in [5.41, 5.74) is 0.833. The van der Waals surface area contributed by atoms with E-state index in [1.807, 2.05) is 6.92 Å². The van der Waals surface area contributed by atoms with Crippen LogP contribution in [0.25, 0.3) is 0 Å². The molecule has 2 aromatic rings. The van der Waals surface area contributed by atoms with E-state index in [-0.39, 0.29) is 6.54 Å². The van der Waals surface area contributed by atoms with Crippen LogP contribution in [-0.4, -0.2) is 24.7 Å². The molecule has 110 valence electrons. The van der Waals surface area contributed by atoms with Crippen molar-refractivity contribution in [1.29, 1.82) is 0 Å². The number of hydrogen-bond donors (Lipinski definition) is 2. The van der Waals surface area contributed by atoms with Crippen LogP contribution >= 0.6 is 11.3 Å². The molecule has 0 amide bonds. The van der Waals surface area contributed by atoms with E-state index < -0.39 is 10.0 Å². The van der Waals surface area contributed by atoms with Gasteiger partial charge in [-0.1, -0.05) is 6.92 Å². The fourth-order valence-corrected chi connectivity index (χ4v) is 3.93. The summed E-state index contributed by atoms with van der Waals surface area (Å²) in [6.07, 6.45) is 3.43. The predicted octanol–water partition coefficient (Wildman–Crippen LogP) is 1.07. The minimum absolute atomic E-state index is 0.245. The topological polar surface area (TPSA) is 76.0 Å². The largest absolute Gasteiger partial charge is 0.312 e. The summed E-state index contributed by atoms with van der Waals surface area (Å²) in [6.45, 7) is 3.81. The SMILES string of the molecule is CCNCc1cc(S(=O)(=O)NCc2cnn(C)c2)cs1. The molecule has 8 heteroatoms. The van der Waals surface area contributed by atoms with Crippen molar-refractivity contribution < 1.29 is 8.42 Å². The summed E-state index contributed by atoms with van der Waals surface area (Å²) < 4.78 is 28.5. The zero-order valence-electron chi connectivity index (χ0n) is 11.5. The van der Waals surface area contributed by atoms with Gasteiger partial charge >= 0.3 is 0 Å². The minimum Gasteiger partial charge on any atom is -0.312 e. The van der Waals surface area contributed by atoms with E-state index in [0.717, 1.165) is 17.0 Å². The van der Waals surface area contributed by atoms with Gasteiger partial charge in [0.1, 0.15) is 0 Å². The first-order valence-corrected chi connectivity index (χ1v) is 8.63. The average Bonchev–Trinajstić information content (AvgIpc) is 3.03. The minimum atomic E-state index is -3.46. The molecule has 2 heterocycles. The van der Waals surface area contributed by atoms with Gasteiger partial charge in [0.15, 0.2) is 0 Å². The highest BCUT2D eigenvalue weighted by atomic mass is 32.2. The number of sulfonamides is 1. The van der Waals surface area contributed by atoms with Gasteiger partial charge in [-0.15, -0.1) is 11.3 Å². The fraction of sp³-hybridized carbons (Fsp3) is 0.417. The molecule has 0 atom stereocenters. The van der Waals surface area contributed by atoms with Crippen LogP contribution in [0.5, 0.6) is 0 Å². The lowest BCUT2D eigenvalue weighted by molar-refractivity contribution is 0.581.